The molecule has 1 aliphatic rings. The molecule has 9 heteroatoms. The first-order valence-electron chi connectivity index (χ1n) is 9.33. The van der Waals surface area contributed by atoms with Crippen LogP contribution in [-0.2, 0) is 11.3 Å². The maximum absolute atomic E-state index is 12.8. The number of thiazole rings is 1. The molecule has 4 rings (SSSR count). The lowest BCUT2D eigenvalue weighted by Crippen LogP contribution is -2.43. The first-order valence-corrected chi connectivity index (χ1v) is 10.1. The molecule has 8 nitrogen and oxygen atoms in total. The van der Waals surface area contributed by atoms with Crippen molar-refractivity contribution in [3.63, 3.8) is 0 Å². The van der Waals surface area contributed by atoms with Crippen LogP contribution >= 0.6 is 11.3 Å². The molecule has 0 aliphatic carbocycles. The van der Waals surface area contributed by atoms with E-state index in [0.717, 1.165) is 31.1 Å². The van der Waals surface area contributed by atoms with Crippen molar-refractivity contribution in [2.24, 2.45) is 0 Å². The fourth-order valence-electron chi connectivity index (χ4n) is 3.30. The third-order valence-corrected chi connectivity index (χ3v) is 5.59. The Labute approximate surface area is 166 Å². The zero-order valence-corrected chi connectivity index (χ0v) is 17.0. The molecule has 0 unspecified atom stereocenters. The van der Waals surface area contributed by atoms with Gasteiger partial charge in [-0.05, 0) is 45.7 Å². The van der Waals surface area contributed by atoms with Crippen LogP contribution in [0.1, 0.15) is 33.6 Å². The standard InChI is InChI=1S/C19H23N5O3S/c1-19(2,3)22-13(25)11-24-16-15(21-18(28-16)23-8-4-5-9-23)14(20-17(24)26)12-7-6-10-27-12/h6-7,10H,4-5,8-9,11H2,1-3H3,(H,22,25). The topological polar surface area (TPSA) is 93.3 Å². The summed E-state index contributed by atoms with van der Waals surface area (Å²) in [5.41, 5.74) is 0.138. The van der Waals surface area contributed by atoms with E-state index in [1.807, 2.05) is 20.8 Å². The van der Waals surface area contributed by atoms with E-state index in [1.165, 1.54) is 15.9 Å². The van der Waals surface area contributed by atoms with Gasteiger partial charge in [0, 0.05) is 18.6 Å². The van der Waals surface area contributed by atoms with Gasteiger partial charge in [0.05, 0.1) is 6.26 Å². The van der Waals surface area contributed by atoms with Gasteiger partial charge in [-0.15, -0.1) is 0 Å². The number of carbonyl (C=O) groups excluding carboxylic acids is 1. The molecule has 1 fully saturated rings. The Balaban J connectivity index is 1.83. The number of rotatable bonds is 4. The number of fused-ring (bicyclic) bond motifs is 1. The molecule has 1 saturated heterocycles. The molecular weight excluding hydrogens is 378 g/mol. The second-order valence-corrected chi connectivity index (χ2v) is 8.90. The second-order valence-electron chi connectivity index (χ2n) is 7.95. The molecule has 1 aliphatic heterocycles. The lowest BCUT2D eigenvalue weighted by Gasteiger charge is -2.20. The van der Waals surface area contributed by atoms with E-state index >= 15 is 0 Å². The Morgan fingerprint density at radius 3 is 2.68 bits per heavy atom. The quantitative estimate of drug-likeness (QED) is 0.722. The smallest absolute Gasteiger partial charge is 0.349 e. The first-order chi connectivity index (χ1) is 13.3. The summed E-state index contributed by atoms with van der Waals surface area (Å²) in [6, 6.07) is 3.51. The number of amides is 1. The molecule has 0 radical (unpaired) electrons. The minimum Gasteiger partial charge on any atom is -0.463 e. The average molecular weight is 401 g/mol. The largest absolute Gasteiger partial charge is 0.463 e. The predicted molar refractivity (Wildman–Crippen MR) is 109 cm³/mol. The van der Waals surface area contributed by atoms with Gasteiger partial charge in [-0.1, -0.05) is 11.3 Å². The van der Waals surface area contributed by atoms with Crippen molar-refractivity contribution in [3.8, 4) is 11.5 Å². The maximum Gasteiger partial charge on any atom is 0.349 e. The Bertz CT molecular complexity index is 1060. The van der Waals surface area contributed by atoms with Crippen LogP contribution in [0, 0.1) is 0 Å². The Morgan fingerprint density at radius 2 is 2.04 bits per heavy atom. The molecule has 3 aromatic heterocycles. The minimum atomic E-state index is -0.486. The number of hydrogen-bond acceptors (Lipinski definition) is 7. The lowest BCUT2D eigenvalue weighted by atomic mass is 10.1. The summed E-state index contributed by atoms with van der Waals surface area (Å²) in [6.07, 6.45) is 3.79. The van der Waals surface area contributed by atoms with Crippen molar-refractivity contribution in [3.05, 3.63) is 28.9 Å². The molecular formula is C19H23N5O3S. The Hall–Kier alpha value is -2.68. The summed E-state index contributed by atoms with van der Waals surface area (Å²) < 4.78 is 6.87. The summed E-state index contributed by atoms with van der Waals surface area (Å²) in [4.78, 5) is 37.0. The number of furan rings is 1. The van der Waals surface area contributed by atoms with Gasteiger partial charge < -0.3 is 14.6 Å². The molecule has 0 aromatic carbocycles. The van der Waals surface area contributed by atoms with Crippen molar-refractivity contribution < 1.29 is 9.21 Å². The third kappa shape index (κ3) is 3.66. The van der Waals surface area contributed by atoms with Crippen LogP contribution in [0.2, 0.25) is 0 Å². The summed E-state index contributed by atoms with van der Waals surface area (Å²) in [7, 11) is 0. The average Bonchev–Trinajstić information content (AvgIpc) is 3.36. The maximum atomic E-state index is 12.8. The van der Waals surface area contributed by atoms with Crippen LogP contribution < -0.4 is 15.9 Å². The summed E-state index contributed by atoms with van der Waals surface area (Å²) >= 11 is 1.42. The molecule has 4 heterocycles. The van der Waals surface area contributed by atoms with Crippen molar-refractivity contribution in [2.45, 2.75) is 45.7 Å². The molecule has 0 saturated carbocycles. The van der Waals surface area contributed by atoms with E-state index in [2.05, 4.69) is 15.2 Å². The fraction of sp³-hybridized carbons (Fsp3) is 0.474. The van der Waals surface area contributed by atoms with Crippen LogP contribution in [0.5, 0.6) is 0 Å². The molecule has 28 heavy (non-hydrogen) atoms. The highest BCUT2D eigenvalue weighted by atomic mass is 32.1. The molecule has 1 N–H and O–H groups in total. The molecule has 3 aromatic rings. The first kappa shape index (κ1) is 18.7. The van der Waals surface area contributed by atoms with E-state index in [-0.39, 0.29) is 18.0 Å². The van der Waals surface area contributed by atoms with Crippen LogP contribution in [-0.4, -0.2) is 39.1 Å². The van der Waals surface area contributed by atoms with Crippen LogP contribution in [0.25, 0.3) is 21.8 Å². The van der Waals surface area contributed by atoms with Gasteiger partial charge in [0.2, 0.25) is 5.91 Å². The zero-order valence-electron chi connectivity index (χ0n) is 16.2. The van der Waals surface area contributed by atoms with Gasteiger partial charge in [-0.2, -0.15) is 4.98 Å². The van der Waals surface area contributed by atoms with Gasteiger partial charge in [0.15, 0.2) is 10.9 Å². The molecule has 0 bridgehead atoms. The van der Waals surface area contributed by atoms with Crippen LogP contribution in [0.15, 0.2) is 27.6 Å². The number of nitrogens with one attached hydrogen (secondary N) is 1. The third-order valence-electron chi connectivity index (χ3n) is 4.45. The highest BCUT2D eigenvalue weighted by Gasteiger charge is 2.24. The van der Waals surface area contributed by atoms with E-state index in [4.69, 9.17) is 9.40 Å². The van der Waals surface area contributed by atoms with Gasteiger partial charge in [-0.3, -0.25) is 9.36 Å². The molecule has 0 atom stereocenters. The van der Waals surface area contributed by atoms with Crippen molar-refractivity contribution in [1.82, 2.24) is 19.9 Å². The predicted octanol–water partition coefficient (Wildman–Crippen LogP) is 2.63. The number of nitrogens with zero attached hydrogens (tertiary/aromatic N) is 4. The van der Waals surface area contributed by atoms with Crippen molar-refractivity contribution >= 4 is 32.7 Å². The van der Waals surface area contributed by atoms with E-state index in [9.17, 15) is 9.59 Å². The van der Waals surface area contributed by atoms with Gasteiger partial charge >= 0.3 is 5.69 Å². The van der Waals surface area contributed by atoms with Gasteiger partial charge in [0.25, 0.3) is 0 Å². The number of aromatic nitrogens is 3. The number of hydrogen-bond donors (Lipinski definition) is 1. The van der Waals surface area contributed by atoms with Crippen LogP contribution in [0.3, 0.4) is 0 Å². The highest BCUT2D eigenvalue weighted by Crippen LogP contribution is 2.34. The zero-order chi connectivity index (χ0) is 19.9. The Morgan fingerprint density at radius 1 is 1.29 bits per heavy atom. The fourth-order valence-corrected chi connectivity index (χ4v) is 4.42. The van der Waals surface area contributed by atoms with E-state index < -0.39 is 5.69 Å². The summed E-state index contributed by atoms with van der Waals surface area (Å²) in [5, 5.41) is 3.74. The van der Waals surface area contributed by atoms with Gasteiger partial charge in [0.1, 0.15) is 22.6 Å². The highest BCUT2D eigenvalue weighted by molar-refractivity contribution is 7.22. The van der Waals surface area contributed by atoms with E-state index in [0.29, 0.717) is 21.8 Å². The SMILES string of the molecule is CC(C)(C)NC(=O)Cn1c(=O)nc(-c2ccco2)c2nc(N3CCCC3)sc21. The van der Waals surface area contributed by atoms with Crippen molar-refractivity contribution in [2.75, 3.05) is 18.0 Å². The summed E-state index contributed by atoms with van der Waals surface area (Å²) in [6.45, 7) is 7.49. The monoisotopic (exact) mass is 401 g/mol. The van der Waals surface area contributed by atoms with Gasteiger partial charge in [-0.25, -0.2) is 9.78 Å². The normalized spacial score (nSPS) is 14.8. The Kier molecular flexibility index (Phi) is 4.70. The van der Waals surface area contributed by atoms with E-state index in [1.54, 1.807) is 18.4 Å². The van der Waals surface area contributed by atoms with Crippen LogP contribution in [0.4, 0.5) is 5.13 Å². The number of carbonyl (C=O) groups is 1. The number of anilines is 1. The van der Waals surface area contributed by atoms with Crippen molar-refractivity contribution in [1.29, 1.82) is 0 Å². The minimum absolute atomic E-state index is 0.0975. The molecule has 0 spiro atoms. The molecule has 1 amide bonds. The lowest BCUT2D eigenvalue weighted by molar-refractivity contribution is -0.123. The second kappa shape index (κ2) is 7.05. The molecule has 148 valence electrons. The summed E-state index contributed by atoms with van der Waals surface area (Å²) in [5.74, 6) is 0.256.